The largest absolute Gasteiger partial charge is 0.476 e. The summed E-state index contributed by atoms with van der Waals surface area (Å²) in [7, 11) is 1.49. The minimum absolute atomic E-state index is 0.186. The fourth-order valence-corrected chi connectivity index (χ4v) is 5.94. The van der Waals surface area contributed by atoms with Crippen molar-refractivity contribution in [3.63, 3.8) is 0 Å². The number of morpholine rings is 1. The Morgan fingerprint density at radius 2 is 2.04 bits per heavy atom. The zero-order chi connectivity index (χ0) is 18.9. The normalized spacial score (nSPS) is 37.5. The summed E-state index contributed by atoms with van der Waals surface area (Å²) in [5.74, 6) is 1.48. The minimum atomic E-state index is -0.292. The second-order valence-corrected chi connectivity index (χ2v) is 8.41. The number of fused-ring (bicyclic) bond motifs is 1. The number of esters is 1. The molecule has 0 N–H and O–H groups in total. The molecule has 5 heteroatoms. The molecule has 2 aliphatic carbocycles. The van der Waals surface area contributed by atoms with Crippen LogP contribution >= 0.6 is 0 Å². The number of hydrogen-bond donors (Lipinski definition) is 0. The van der Waals surface area contributed by atoms with Gasteiger partial charge in [0.15, 0.2) is 5.72 Å². The van der Waals surface area contributed by atoms with E-state index >= 15 is 0 Å². The van der Waals surface area contributed by atoms with Gasteiger partial charge in [-0.3, -0.25) is 4.90 Å². The number of methoxy groups -OCH3 is 1. The molecule has 4 rings (SSSR count). The van der Waals surface area contributed by atoms with Gasteiger partial charge in [0.05, 0.1) is 25.9 Å². The van der Waals surface area contributed by atoms with Gasteiger partial charge in [0, 0.05) is 31.3 Å². The van der Waals surface area contributed by atoms with Crippen LogP contribution in [0.15, 0.2) is 23.5 Å². The Labute approximate surface area is 162 Å². The summed E-state index contributed by atoms with van der Waals surface area (Å²) in [5.41, 5.74) is 0.490. The number of nitrogens with zero attached hydrogens (tertiary/aromatic N) is 1. The standard InChI is InChI=1S/C22H33NO4/c1-16-19(21(24)25-2)20(17-8-4-3-5-9-17)18-10-6-7-11-22(18,27-16)23-12-14-26-15-13-23/h4,8,17-18,20H,3,5-7,9-15H2,1-2H3. The molecular weight excluding hydrogens is 342 g/mol. The van der Waals surface area contributed by atoms with Crippen LogP contribution in [-0.2, 0) is 19.0 Å². The van der Waals surface area contributed by atoms with Gasteiger partial charge in [-0.1, -0.05) is 18.6 Å². The Morgan fingerprint density at radius 3 is 2.74 bits per heavy atom. The number of ether oxygens (including phenoxy) is 3. The molecule has 0 amide bonds. The second-order valence-electron chi connectivity index (χ2n) is 8.41. The van der Waals surface area contributed by atoms with Crippen molar-refractivity contribution in [2.45, 2.75) is 57.6 Å². The molecule has 1 saturated carbocycles. The molecule has 0 aromatic heterocycles. The highest BCUT2D eigenvalue weighted by atomic mass is 16.5. The molecule has 150 valence electrons. The van der Waals surface area contributed by atoms with Crippen LogP contribution in [0.1, 0.15) is 51.9 Å². The van der Waals surface area contributed by atoms with E-state index in [1.165, 1.54) is 26.4 Å². The van der Waals surface area contributed by atoms with Crippen LogP contribution in [0.4, 0.5) is 0 Å². The molecule has 4 unspecified atom stereocenters. The Hall–Kier alpha value is -1.33. The van der Waals surface area contributed by atoms with Crippen LogP contribution in [0, 0.1) is 17.8 Å². The number of carbonyl (C=O) groups is 1. The van der Waals surface area contributed by atoms with Crippen LogP contribution in [0.25, 0.3) is 0 Å². The fourth-order valence-electron chi connectivity index (χ4n) is 5.94. The molecule has 27 heavy (non-hydrogen) atoms. The maximum Gasteiger partial charge on any atom is 0.337 e. The van der Waals surface area contributed by atoms with E-state index in [1.54, 1.807) is 0 Å². The van der Waals surface area contributed by atoms with E-state index in [2.05, 4.69) is 17.1 Å². The van der Waals surface area contributed by atoms with Crippen LogP contribution in [0.2, 0.25) is 0 Å². The first kappa shape index (κ1) is 19.0. The van der Waals surface area contributed by atoms with Crippen molar-refractivity contribution in [2.75, 3.05) is 33.4 Å². The highest BCUT2D eigenvalue weighted by Gasteiger charge is 2.57. The third kappa shape index (κ3) is 3.33. The molecule has 0 aromatic rings. The highest BCUT2D eigenvalue weighted by Crippen LogP contribution is 2.54. The maximum absolute atomic E-state index is 12.8. The quantitative estimate of drug-likeness (QED) is 0.557. The second kappa shape index (κ2) is 7.96. The van der Waals surface area contributed by atoms with Gasteiger partial charge >= 0.3 is 5.97 Å². The van der Waals surface area contributed by atoms with Gasteiger partial charge in [0.25, 0.3) is 0 Å². The molecular formula is C22H33NO4. The third-order valence-electron chi connectivity index (χ3n) is 7.06. The Morgan fingerprint density at radius 1 is 1.22 bits per heavy atom. The molecule has 2 heterocycles. The van der Waals surface area contributed by atoms with Gasteiger partial charge in [-0.15, -0.1) is 0 Å². The summed E-state index contributed by atoms with van der Waals surface area (Å²) >= 11 is 0. The van der Waals surface area contributed by atoms with Crippen molar-refractivity contribution in [3.05, 3.63) is 23.5 Å². The van der Waals surface area contributed by atoms with Gasteiger partial charge in [-0.2, -0.15) is 0 Å². The van der Waals surface area contributed by atoms with E-state index in [1.807, 2.05) is 6.92 Å². The van der Waals surface area contributed by atoms with Crippen LogP contribution in [0.5, 0.6) is 0 Å². The first-order valence-corrected chi connectivity index (χ1v) is 10.6. The molecule has 5 nitrogen and oxygen atoms in total. The predicted octanol–water partition coefficient (Wildman–Crippen LogP) is 3.65. The number of rotatable bonds is 3. The van der Waals surface area contributed by atoms with Gasteiger partial charge < -0.3 is 14.2 Å². The van der Waals surface area contributed by atoms with Crippen LogP contribution in [0.3, 0.4) is 0 Å². The summed E-state index contributed by atoms with van der Waals surface area (Å²) < 4.78 is 17.5. The van der Waals surface area contributed by atoms with Crippen molar-refractivity contribution in [2.24, 2.45) is 17.8 Å². The van der Waals surface area contributed by atoms with Gasteiger partial charge in [-0.25, -0.2) is 4.79 Å². The number of hydrogen-bond acceptors (Lipinski definition) is 5. The number of allylic oxidation sites excluding steroid dienone is 3. The molecule has 2 fully saturated rings. The predicted molar refractivity (Wildman–Crippen MR) is 103 cm³/mol. The first-order chi connectivity index (χ1) is 13.2. The van der Waals surface area contributed by atoms with Gasteiger partial charge in [0.1, 0.15) is 5.76 Å². The molecule has 4 aliphatic rings. The van der Waals surface area contributed by atoms with Crippen molar-refractivity contribution in [1.29, 1.82) is 0 Å². The summed E-state index contributed by atoms with van der Waals surface area (Å²) in [6.45, 7) is 5.31. The molecule has 2 aliphatic heterocycles. The van der Waals surface area contributed by atoms with E-state index in [0.29, 0.717) is 11.8 Å². The first-order valence-electron chi connectivity index (χ1n) is 10.6. The van der Waals surface area contributed by atoms with Crippen LogP contribution in [-0.4, -0.2) is 50.0 Å². The lowest BCUT2D eigenvalue weighted by Crippen LogP contribution is -2.64. The molecule has 0 spiro atoms. The van der Waals surface area contributed by atoms with Crippen molar-refractivity contribution < 1.29 is 19.0 Å². The van der Waals surface area contributed by atoms with Crippen molar-refractivity contribution >= 4 is 5.97 Å². The average Bonchev–Trinajstić information content (AvgIpc) is 2.73. The summed E-state index contributed by atoms with van der Waals surface area (Å²) in [4.78, 5) is 15.3. The highest BCUT2D eigenvalue weighted by molar-refractivity contribution is 5.90. The lowest BCUT2D eigenvalue weighted by molar-refractivity contribution is -0.225. The molecule has 0 bridgehead atoms. The van der Waals surface area contributed by atoms with Gasteiger partial charge in [-0.05, 0) is 44.9 Å². The summed E-state index contributed by atoms with van der Waals surface area (Å²) in [6.07, 6.45) is 12.7. The minimum Gasteiger partial charge on any atom is -0.476 e. The van der Waals surface area contributed by atoms with Crippen LogP contribution < -0.4 is 0 Å². The summed E-state index contributed by atoms with van der Waals surface area (Å²) in [6, 6.07) is 0. The van der Waals surface area contributed by atoms with E-state index < -0.39 is 0 Å². The SMILES string of the molecule is COC(=O)C1=C(C)OC2(N3CCOCC3)CCCCC2C1C1C=CCCC1. The van der Waals surface area contributed by atoms with E-state index in [9.17, 15) is 4.79 Å². The monoisotopic (exact) mass is 375 g/mol. The Balaban J connectivity index is 1.78. The Bertz CT molecular complexity index is 622. The molecule has 0 radical (unpaired) electrons. The Kier molecular flexibility index (Phi) is 5.60. The average molecular weight is 376 g/mol. The molecule has 0 aromatic carbocycles. The van der Waals surface area contributed by atoms with E-state index in [-0.39, 0.29) is 17.6 Å². The zero-order valence-corrected chi connectivity index (χ0v) is 16.7. The van der Waals surface area contributed by atoms with E-state index in [4.69, 9.17) is 14.2 Å². The lowest BCUT2D eigenvalue weighted by atomic mass is 9.63. The van der Waals surface area contributed by atoms with Gasteiger partial charge in [0.2, 0.25) is 0 Å². The zero-order valence-electron chi connectivity index (χ0n) is 16.7. The molecule has 4 atom stereocenters. The maximum atomic E-state index is 12.8. The third-order valence-corrected chi connectivity index (χ3v) is 7.06. The summed E-state index contributed by atoms with van der Waals surface area (Å²) in [5, 5.41) is 0. The smallest absolute Gasteiger partial charge is 0.337 e. The molecule has 1 saturated heterocycles. The number of carbonyl (C=O) groups excluding carboxylic acids is 1. The van der Waals surface area contributed by atoms with Crippen molar-refractivity contribution in [1.82, 2.24) is 4.90 Å². The fraction of sp³-hybridized carbons (Fsp3) is 0.773. The van der Waals surface area contributed by atoms with E-state index in [0.717, 1.165) is 63.3 Å². The van der Waals surface area contributed by atoms with Crippen molar-refractivity contribution in [3.8, 4) is 0 Å². The topological polar surface area (TPSA) is 48.0 Å². The lowest BCUT2D eigenvalue weighted by Gasteiger charge is -2.57.